The SMILES string of the molecule is [C-]#[N+]c1c(C#N)c(N2c3ccc(-c4ccccc4)cc3C(C)(C)c3c2ccc2c3oc3ccccc32)c2c(c1N1c3ccc(-c4ccccc4)cc3C(C)(C)c3c1ccc1c3oc3ccccc31)C1c3ccccc3C2c2ccccc21. The van der Waals surface area contributed by atoms with Gasteiger partial charge in [-0.1, -0.05) is 185 Å². The average molecular weight is 1050 g/mol. The Morgan fingerprint density at radius 3 is 1.26 bits per heavy atom. The Kier molecular flexibility index (Phi) is 9.41. The predicted molar refractivity (Wildman–Crippen MR) is 331 cm³/mol. The lowest BCUT2D eigenvalue weighted by atomic mass is 9.59. The summed E-state index contributed by atoms with van der Waals surface area (Å²) in [6.07, 6.45) is 0. The van der Waals surface area contributed by atoms with Gasteiger partial charge in [0.1, 0.15) is 22.3 Å². The van der Waals surface area contributed by atoms with E-state index >= 15 is 0 Å². The van der Waals surface area contributed by atoms with E-state index < -0.39 is 10.8 Å². The summed E-state index contributed by atoms with van der Waals surface area (Å²) in [5, 5.41) is 16.7. The van der Waals surface area contributed by atoms with E-state index in [2.05, 4.69) is 238 Å². The molecule has 3 aliphatic carbocycles. The molecule has 0 spiro atoms. The Bertz CT molecular complexity index is 4680. The van der Waals surface area contributed by atoms with E-state index in [9.17, 15) is 11.8 Å². The Hall–Kier alpha value is -10.4. The molecule has 0 fully saturated rings. The lowest BCUT2D eigenvalue weighted by Gasteiger charge is -2.50. The molecule has 0 radical (unpaired) electrons. The third-order valence-corrected chi connectivity index (χ3v) is 18.8. The molecule has 0 saturated carbocycles. The van der Waals surface area contributed by atoms with Gasteiger partial charge >= 0.3 is 0 Å². The highest BCUT2D eigenvalue weighted by Gasteiger charge is 2.51. The van der Waals surface area contributed by atoms with Crippen molar-refractivity contribution in [2.75, 3.05) is 9.80 Å². The maximum atomic E-state index is 12.5. The van der Waals surface area contributed by atoms with Crippen LogP contribution in [0.15, 0.2) is 227 Å². The van der Waals surface area contributed by atoms with Crippen LogP contribution in [-0.4, -0.2) is 0 Å². The van der Waals surface area contributed by atoms with Gasteiger partial charge in [-0.25, -0.2) is 4.85 Å². The van der Waals surface area contributed by atoms with Gasteiger partial charge in [-0.05, 0) is 127 Å². The first kappa shape index (κ1) is 46.5. The van der Waals surface area contributed by atoms with E-state index in [0.29, 0.717) is 11.3 Å². The summed E-state index contributed by atoms with van der Waals surface area (Å²) in [6, 6.07) is 80.8. The van der Waals surface area contributed by atoms with Gasteiger partial charge in [0.05, 0.1) is 46.6 Å². The van der Waals surface area contributed by atoms with Gasteiger partial charge in [0.2, 0.25) is 5.69 Å². The first-order valence-electron chi connectivity index (χ1n) is 28.2. The number of rotatable bonds is 4. The molecular formula is C76H50N4O2. The van der Waals surface area contributed by atoms with Crippen LogP contribution in [0.3, 0.4) is 0 Å². The van der Waals surface area contributed by atoms with Crippen molar-refractivity contribution in [3.8, 4) is 28.3 Å². The highest BCUT2D eigenvalue weighted by atomic mass is 16.3. The van der Waals surface area contributed by atoms with Gasteiger partial charge in [0, 0.05) is 61.0 Å². The van der Waals surface area contributed by atoms with Gasteiger partial charge in [-0.15, -0.1) is 0 Å². The van der Waals surface area contributed by atoms with E-state index in [1.54, 1.807) is 0 Å². The van der Waals surface area contributed by atoms with E-state index in [0.717, 1.165) is 134 Å². The molecular weight excluding hydrogens is 1000 g/mol. The van der Waals surface area contributed by atoms with Crippen LogP contribution in [0.1, 0.15) is 101 Å². The zero-order chi connectivity index (χ0) is 54.9. The zero-order valence-electron chi connectivity index (χ0n) is 45.5. The molecule has 0 N–H and O–H groups in total. The first-order valence-corrected chi connectivity index (χ1v) is 28.2. The Labute approximate surface area is 474 Å². The molecule has 2 bridgehead atoms. The number of hydrogen-bond acceptors (Lipinski definition) is 5. The second-order valence-corrected chi connectivity index (χ2v) is 23.6. The third-order valence-electron chi connectivity index (χ3n) is 18.8. The summed E-state index contributed by atoms with van der Waals surface area (Å²) in [6.45, 7) is 19.0. The fraction of sp³-hybridized carbons (Fsp3) is 0.105. The summed E-state index contributed by atoms with van der Waals surface area (Å²) < 4.78 is 14.1. The Morgan fingerprint density at radius 1 is 0.427 bits per heavy atom. The summed E-state index contributed by atoms with van der Waals surface area (Å²) in [4.78, 5) is 9.41. The topological polar surface area (TPSA) is 60.9 Å². The monoisotopic (exact) mass is 1050 g/mol. The van der Waals surface area contributed by atoms with Crippen molar-refractivity contribution in [1.29, 1.82) is 5.26 Å². The van der Waals surface area contributed by atoms with Crippen molar-refractivity contribution in [2.24, 2.45) is 0 Å². The fourth-order valence-electron chi connectivity index (χ4n) is 15.3. The molecule has 18 rings (SSSR count). The van der Waals surface area contributed by atoms with Crippen LogP contribution in [0.2, 0.25) is 0 Å². The van der Waals surface area contributed by atoms with E-state index in [1.165, 1.54) is 22.3 Å². The minimum atomic E-state index is -0.596. The van der Waals surface area contributed by atoms with Crippen molar-refractivity contribution in [1.82, 2.24) is 0 Å². The van der Waals surface area contributed by atoms with Crippen LogP contribution in [0.4, 0.5) is 39.8 Å². The van der Waals surface area contributed by atoms with Crippen molar-refractivity contribution in [3.63, 3.8) is 0 Å². The van der Waals surface area contributed by atoms with Gasteiger partial charge in [0.15, 0.2) is 0 Å². The maximum absolute atomic E-state index is 12.5. The highest BCUT2D eigenvalue weighted by Crippen LogP contribution is 2.68. The van der Waals surface area contributed by atoms with Gasteiger partial charge in [0.25, 0.3) is 0 Å². The van der Waals surface area contributed by atoms with Crippen molar-refractivity contribution in [2.45, 2.75) is 50.4 Å². The standard InChI is InChI=1S/C76H50N4O2/c1-75(2)56-40-45(43-20-8-6-9-21-43)32-36-58(56)79(60-38-34-53-47-24-16-18-30-62(47)81-73(53)68(60)75)71-55(42-77)70(78-5)72(67-65-51-28-14-12-26-49(51)64(66(67)71)50-27-13-15-29-52(50)65)80-59-37-33-46(44-22-10-7-11-23-44)41-57(59)76(3,4)69-61(80)39-35-54-48-25-17-19-31-63(48)82-74(54)69/h6-41,64-65H,1-4H3. The lowest BCUT2D eigenvalue weighted by molar-refractivity contribution is 0.601. The van der Waals surface area contributed by atoms with Gasteiger partial charge in [-0.2, -0.15) is 5.26 Å². The lowest BCUT2D eigenvalue weighted by Crippen LogP contribution is -2.36. The van der Waals surface area contributed by atoms with Crippen LogP contribution in [0, 0.1) is 17.9 Å². The predicted octanol–water partition coefficient (Wildman–Crippen LogP) is 20.4. The largest absolute Gasteiger partial charge is 0.456 e. The number of fused-ring (bicyclic) bond motifs is 12. The molecule has 0 amide bonds. The molecule has 11 aromatic carbocycles. The third kappa shape index (κ3) is 6.00. The molecule has 2 aliphatic heterocycles. The molecule has 0 saturated heterocycles. The minimum Gasteiger partial charge on any atom is -0.456 e. The quantitative estimate of drug-likeness (QED) is 0.164. The Morgan fingerprint density at radius 2 is 0.817 bits per heavy atom. The molecule has 2 aromatic heterocycles. The van der Waals surface area contributed by atoms with Gasteiger partial charge < -0.3 is 18.6 Å². The van der Waals surface area contributed by atoms with E-state index in [-0.39, 0.29) is 11.8 Å². The molecule has 0 atom stereocenters. The first-order chi connectivity index (χ1) is 40.1. The number of para-hydroxylation sites is 2. The average Bonchev–Trinajstić information content (AvgIpc) is 1.61. The number of nitrogens with zero attached hydrogens (tertiary/aromatic N) is 4. The van der Waals surface area contributed by atoms with Crippen LogP contribution in [0.5, 0.6) is 0 Å². The van der Waals surface area contributed by atoms with Crippen LogP contribution in [0.25, 0.3) is 71.0 Å². The Balaban J connectivity index is 1.04. The molecule has 386 valence electrons. The molecule has 0 unspecified atom stereocenters. The van der Waals surface area contributed by atoms with Crippen LogP contribution in [-0.2, 0) is 10.8 Å². The number of anilines is 6. The molecule has 6 nitrogen and oxygen atoms in total. The minimum absolute atomic E-state index is 0.297. The zero-order valence-corrected chi connectivity index (χ0v) is 45.5. The smallest absolute Gasteiger partial charge is 0.230 e. The maximum Gasteiger partial charge on any atom is 0.230 e. The summed E-state index contributed by atoms with van der Waals surface area (Å²) in [5.74, 6) is -0.625. The number of hydrogen-bond donors (Lipinski definition) is 0. The summed E-state index contributed by atoms with van der Waals surface area (Å²) >= 11 is 0. The second-order valence-electron chi connectivity index (χ2n) is 23.6. The molecule has 4 heterocycles. The van der Waals surface area contributed by atoms with Crippen molar-refractivity contribution < 1.29 is 8.83 Å². The summed E-state index contributed by atoms with van der Waals surface area (Å²) in [5.41, 5.74) is 23.4. The van der Waals surface area contributed by atoms with Gasteiger partial charge in [-0.3, -0.25) is 0 Å². The van der Waals surface area contributed by atoms with E-state index in [1.807, 2.05) is 24.3 Å². The second kappa shape index (κ2) is 16.6. The fourth-order valence-corrected chi connectivity index (χ4v) is 15.3. The number of benzene rings is 11. The summed E-state index contributed by atoms with van der Waals surface area (Å²) in [7, 11) is 0. The van der Waals surface area contributed by atoms with Crippen LogP contribution < -0.4 is 9.80 Å². The van der Waals surface area contributed by atoms with Crippen molar-refractivity contribution >= 4 is 83.7 Å². The molecule has 13 aromatic rings. The number of nitriles is 1. The molecule has 82 heavy (non-hydrogen) atoms. The van der Waals surface area contributed by atoms with Crippen molar-refractivity contribution in [3.05, 3.63) is 291 Å². The van der Waals surface area contributed by atoms with E-state index in [4.69, 9.17) is 13.7 Å². The highest BCUT2D eigenvalue weighted by molar-refractivity contribution is 6.13. The normalized spacial score (nSPS) is 16.4. The number of furan rings is 2. The molecule has 6 heteroatoms. The molecule has 5 aliphatic rings. The van der Waals surface area contributed by atoms with Crippen LogP contribution >= 0.6 is 0 Å².